The Hall–Kier alpha value is -2.22. The number of rotatable bonds is 4. The third-order valence-corrected chi connectivity index (χ3v) is 4.91. The van der Waals surface area contributed by atoms with E-state index in [4.69, 9.17) is 16.3 Å². The van der Waals surface area contributed by atoms with Gasteiger partial charge in [0.2, 0.25) is 5.91 Å². The molecule has 5 nitrogen and oxygen atoms in total. The fraction of sp³-hybridized carbons (Fsp3) is 0.444. The number of hydrogen-bond donors (Lipinski definition) is 0. The number of methoxy groups -OCH3 is 1. The summed E-state index contributed by atoms with van der Waals surface area (Å²) < 4.78 is 44.7. The summed E-state index contributed by atoms with van der Waals surface area (Å²) >= 11 is 5.99. The first kappa shape index (κ1) is 19.5. The van der Waals surface area contributed by atoms with Gasteiger partial charge in [-0.15, -0.1) is 0 Å². The lowest BCUT2D eigenvalue weighted by atomic mass is 10.0. The van der Waals surface area contributed by atoms with Gasteiger partial charge in [0.1, 0.15) is 5.75 Å². The van der Waals surface area contributed by atoms with Gasteiger partial charge in [0, 0.05) is 29.9 Å². The Morgan fingerprint density at radius 2 is 2.00 bits per heavy atom. The number of carbonyl (C=O) groups excluding carboxylic acids is 1. The van der Waals surface area contributed by atoms with Gasteiger partial charge in [0.25, 0.3) is 0 Å². The second-order valence-corrected chi connectivity index (χ2v) is 6.86. The Balaban J connectivity index is 1.60. The summed E-state index contributed by atoms with van der Waals surface area (Å²) in [5, 5.41) is 4.16. The van der Waals surface area contributed by atoms with Crippen LogP contribution in [-0.2, 0) is 17.4 Å². The summed E-state index contributed by atoms with van der Waals surface area (Å²) in [6, 6.07) is 5.94. The number of ether oxygens (including phenoxy) is 1. The van der Waals surface area contributed by atoms with E-state index >= 15 is 0 Å². The Labute approximate surface area is 159 Å². The molecule has 146 valence electrons. The van der Waals surface area contributed by atoms with Crippen LogP contribution in [0, 0.1) is 0 Å². The smallest absolute Gasteiger partial charge is 0.435 e. The Morgan fingerprint density at radius 3 is 2.59 bits per heavy atom. The molecule has 1 aliphatic heterocycles. The number of nitrogens with zero attached hydrogens (tertiary/aromatic N) is 3. The molecule has 1 aliphatic rings. The molecule has 0 spiro atoms. The highest BCUT2D eigenvalue weighted by Crippen LogP contribution is 2.30. The maximum atomic E-state index is 12.7. The lowest BCUT2D eigenvalue weighted by Gasteiger charge is -2.32. The molecule has 1 aromatic heterocycles. The van der Waals surface area contributed by atoms with Crippen molar-refractivity contribution in [3.63, 3.8) is 0 Å². The average Bonchev–Trinajstić information content (AvgIpc) is 3.12. The van der Waals surface area contributed by atoms with Crippen LogP contribution in [0.25, 0.3) is 0 Å². The maximum absolute atomic E-state index is 12.7. The maximum Gasteiger partial charge on any atom is 0.435 e. The van der Waals surface area contributed by atoms with Gasteiger partial charge < -0.3 is 9.64 Å². The van der Waals surface area contributed by atoms with E-state index in [-0.39, 0.29) is 18.4 Å². The molecule has 1 aromatic carbocycles. The second kappa shape index (κ2) is 7.80. The first-order valence-electron chi connectivity index (χ1n) is 8.50. The fourth-order valence-corrected chi connectivity index (χ4v) is 3.43. The van der Waals surface area contributed by atoms with Crippen molar-refractivity contribution in [1.29, 1.82) is 0 Å². The molecule has 0 N–H and O–H groups in total. The van der Waals surface area contributed by atoms with Crippen LogP contribution in [0.3, 0.4) is 0 Å². The number of likely N-dealkylation sites (tertiary alicyclic amines) is 1. The van der Waals surface area contributed by atoms with Crippen molar-refractivity contribution in [3.05, 3.63) is 46.7 Å². The molecular formula is C18H19ClF3N3O2. The van der Waals surface area contributed by atoms with Crippen LogP contribution in [0.15, 0.2) is 30.5 Å². The van der Waals surface area contributed by atoms with Gasteiger partial charge in [-0.1, -0.05) is 11.6 Å². The monoisotopic (exact) mass is 401 g/mol. The Bertz CT molecular complexity index is 814. The van der Waals surface area contributed by atoms with E-state index in [0.29, 0.717) is 42.3 Å². The average molecular weight is 402 g/mol. The second-order valence-electron chi connectivity index (χ2n) is 6.42. The van der Waals surface area contributed by atoms with Gasteiger partial charge in [-0.05, 0) is 37.1 Å². The summed E-state index contributed by atoms with van der Waals surface area (Å²) in [4.78, 5) is 14.3. The lowest BCUT2D eigenvalue weighted by Crippen LogP contribution is -2.40. The quantitative estimate of drug-likeness (QED) is 0.778. The van der Waals surface area contributed by atoms with Crippen molar-refractivity contribution >= 4 is 17.5 Å². The van der Waals surface area contributed by atoms with E-state index < -0.39 is 11.9 Å². The van der Waals surface area contributed by atoms with E-state index in [1.807, 2.05) is 0 Å². The molecule has 9 heteroatoms. The van der Waals surface area contributed by atoms with Crippen molar-refractivity contribution in [1.82, 2.24) is 14.7 Å². The van der Waals surface area contributed by atoms with E-state index in [1.165, 1.54) is 18.0 Å². The standard InChI is InChI=1S/C18H19ClF3N3O2/c1-27-15-3-2-13(19)10-12(15)11-17(26)24-7-4-14(5-8-24)25-9-6-16(23-25)18(20,21)22/h2-3,6,9-10,14H,4-5,7-8,11H2,1H3. The van der Waals surface area contributed by atoms with Crippen LogP contribution in [0.2, 0.25) is 5.02 Å². The first-order valence-corrected chi connectivity index (χ1v) is 8.88. The highest BCUT2D eigenvalue weighted by molar-refractivity contribution is 6.30. The molecule has 0 unspecified atom stereocenters. The molecule has 2 heterocycles. The molecule has 3 rings (SSSR count). The van der Waals surface area contributed by atoms with Gasteiger partial charge >= 0.3 is 6.18 Å². The molecule has 0 bridgehead atoms. The zero-order chi connectivity index (χ0) is 19.6. The molecule has 2 aromatic rings. The summed E-state index contributed by atoms with van der Waals surface area (Å²) in [6.45, 7) is 0.932. The number of amides is 1. The minimum absolute atomic E-state index is 0.0644. The minimum atomic E-state index is -4.45. The Morgan fingerprint density at radius 1 is 1.30 bits per heavy atom. The van der Waals surface area contributed by atoms with Crippen LogP contribution in [0.1, 0.15) is 30.1 Å². The van der Waals surface area contributed by atoms with Crippen molar-refractivity contribution in [2.75, 3.05) is 20.2 Å². The summed E-state index contributed by atoms with van der Waals surface area (Å²) in [5.74, 6) is 0.532. The highest BCUT2D eigenvalue weighted by atomic mass is 35.5. The lowest BCUT2D eigenvalue weighted by molar-refractivity contribution is -0.141. The van der Waals surface area contributed by atoms with E-state index in [0.717, 1.165) is 6.07 Å². The van der Waals surface area contributed by atoms with Crippen LogP contribution in [0.5, 0.6) is 5.75 Å². The van der Waals surface area contributed by atoms with E-state index in [9.17, 15) is 18.0 Å². The highest BCUT2D eigenvalue weighted by Gasteiger charge is 2.34. The van der Waals surface area contributed by atoms with Crippen molar-refractivity contribution in [3.8, 4) is 5.75 Å². The van der Waals surface area contributed by atoms with Gasteiger partial charge in [-0.25, -0.2) is 0 Å². The molecule has 0 saturated carbocycles. The van der Waals surface area contributed by atoms with E-state index in [1.54, 1.807) is 23.1 Å². The number of halogens is 4. The predicted molar refractivity (Wildman–Crippen MR) is 93.8 cm³/mol. The minimum Gasteiger partial charge on any atom is -0.496 e. The van der Waals surface area contributed by atoms with Gasteiger partial charge in [0.15, 0.2) is 5.69 Å². The van der Waals surface area contributed by atoms with Gasteiger partial charge in [-0.3, -0.25) is 9.48 Å². The van der Waals surface area contributed by atoms with Crippen molar-refractivity contribution < 1.29 is 22.7 Å². The molecule has 0 aliphatic carbocycles. The zero-order valence-corrected chi connectivity index (χ0v) is 15.4. The number of hydrogen-bond acceptors (Lipinski definition) is 3. The molecular weight excluding hydrogens is 383 g/mol. The largest absolute Gasteiger partial charge is 0.496 e. The van der Waals surface area contributed by atoms with Crippen molar-refractivity contribution in [2.45, 2.75) is 31.5 Å². The van der Waals surface area contributed by atoms with Crippen LogP contribution in [0.4, 0.5) is 13.2 Å². The SMILES string of the molecule is COc1ccc(Cl)cc1CC(=O)N1CCC(n2ccc(C(F)(F)F)n2)CC1. The number of aromatic nitrogens is 2. The molecule has 0 atom stereocenters. The third-order valence-electron chi connectivity index (χ3n) is 4.67. The number of carbonyl (C=O) groups is 1. The molecule has 0 radical (unpaired) electrons. The number of benzene rings is 1. The first-order chi connectivity index (χ1) is 12.8. The fourth-order valence-electron chi connectivity index (χ4n) is 3.23. The molecule has 1 saturated heterocycles. The van der Waals surface area contributed by atoms with Crippen LogP contribution in [-0.4, -0.2) is 40.8 Å². The number of alkyl halides is 3. The molecule has 1 fully saturated rings. The van der Waals surface area contributed by atoms with Crippen LogP contribution >= 0.6 is 11.6 Å². The number of piperidine rings is 1. The Kier molecular flexibility index (Phi) is 5.64. The summed E-state index contributed by atoms with van der Waals surface area (Å²) in [5.41, 5.74) is -0.187. The normalized spacial score (nSPS) is 15.8. The summed E-state index contributed by atoms with van der Waals surface area (Å²) in [7, 11) is 1.53. The zero-order valence-electron chi connectivity index (χ0n) is 14.7. The van der Waals surface area contributed by atoms with Crippen molar-refractivity contribution in [2.24, 2.45) is 0 Å². The third kappa shape index (κ3) is 4.55. The predicted octanol–water partition coefficient (Wildman–Crippen LogP) is 3.97. The molecule has 27 heavy (non-hydrogen) atoms. The molecule has 1 amide bonds. The van der Waals surface area contributed by atoms with Gasteiger partial charge in [-0.2, -0.15) is 18.3 Å². The topological polar surface area (TPSA) is 47.4 Å². The van der Waals surface area contributed by atoms with E-state index in [2.05, 4.69) is 5.10 Å². The van der Waals surface area contributed by atoms with Gasteiger partial charge in [0.05, 0.1) is 19.6 Å². The van der Waals surface area contributed by atoms with Crippen LogP contribution < -0.4 is 4.74 Å². The summed E-state index contributed by atoms with van der Waals surface area (Å²) in [6.07, 6.45) is -1.83.